The van der Waals surface area contributed by atoms with Gasteiger partial charge in [0.05, 0.1) is 23.4 Å². The predicted molar refractivity (Wildman–Crippen MR) is 98.3 cm³/mol. The maximum Gasteiger partial charge on any atom is 0.222 e. The summed E-state index contributed by atoms with van der Waals surface area (Å²) in [5.74, 6) is 0.0280. The predicted octanol–water partition coefficient (Wildman–Crippen LogP) is 2.88. The van der Waals surface area contributed by atoms with Crippen molar-refractivity contribution in [3.8, 4) is 0 Å². The van der Waals surface area contributed by atoms with Crippen molar-refractivity contribution in [3.05, 3.63) is 46.9 Å². The molecule has 3 aromatic rings. The van der Waals surface area contributed by atoms with Crippen LogP contribution in [0.4, 0.5) is 0 Å². The molecular weight excluding hydrogens is 314 g/mol. The third-order valence-electron chi connectivity index (χ3n) is 4.69. The number of hydrogen-bond acceptors (Lipinski definition) is 3. The maximum absolute atomic E-state index is 12.3. The topological polar surface area (TPSA) is 64.7 Å². The summed E-state index contributed by atoms with van der Waals surface area (Å²) in [7, 11) is 0. The van der Waals surface area contributed by atoms with Gasteiger partial charge >= 0.3 is 0 Å². The van der Waals surface area contributed by atoms with Gasteiger partial charge in [0.1, 0.15) is 0 Å². The van der Waals surface area contributed by atoms with Crippen LogP contribution in [0, 0.1) is 20.8 Å². The third-order valence-corrected chi connectivity index (χ3v) is 4.69. The van der Waals surface area contributed by atoms with E-state index in [0.717, 1.165) is 40.1 Å². The van der Waals surface area contributed by atoms with Crippen molar-refractivity contribution in [1.29, 1.82) is 0 Å². The summed E-state index contributed by atoms with van der Waals surface area (Å²) in [4.78, 5) is 12.3. The minimum atomic E-state index is 0.0280. The SMILES string of the molecule is CCn1nc(C)c(CNC(=O)CCn2nc(C)c3ccccc32)c1C. The zero-order chi connectivity index (χ0) is 18.0. The largest absolute Gasteiger partial charge is 0.352 e. The monoisotopic (exact) mass is 339 g/mol. The molecular formula is C19H25N5O. The van der Waals surface area contributed by atoms with E-state index in [1.165, 1.54) is 0 Å². The molecule has 1 aromatic carbocycles. The van der Waals surface area contributed by atoms with Crippen LogP contribution in [0.2, 0.25) is 0 Å². The molecule has 2 heterocycles. The van der Waals surface area contributed by atoms with Gasteiger partial charge in [-0.2, -0.15) is 10.2 Å². The molecule has 0 aliphatic heterocycles. The highest BCUT2D eigenvalue weighted by molar-refractivity contribution is 5.82. The molecule has 1 amide bonds. The molecule has 0 fully saturated rings. The number of nitrogens with one attached hydrogen (secondary N) is 1. The van der Waals surface area contributed by atoms with E-state index in [2.05, 4.69) is 28.5 Å². The van der Waals surface area contributed by atoms with Crippen LogP contribution >= 0.6 is 0 Å². The standard InChI is InChI=1S/C19H25N5O/c1-5-23-15(4)17(14(3)21-23)12-20-19(25)10-11-24-18-9-7-6-8-16(18)13(2)22-24/h6-9H,5,10-12H2,1-4H3,(H,20,25). The average molecular weight is 339 g/mol. The lowest BCUT2D eigenvalue weighted by Crippen LogP contribution is -2.24. The lowest BCUT2D eigenvalue weighted by molar-refractivity contribution is -0.121. The molecule has 1 N–H and O–H groups in total. The van der Waals surface area contributed by atoms with Crippen molar-refractivity contribution in [2.75, 3.05) is 0 Å². The maximum atomic E-state index is 12.3. The second-order valence-corrected chi connectivity index (χ2v) is 6.32. The van der Waals surface area contributed by atoms with E-state index in [4.69, 9.17) is 0 Å². The summed E-state index contributed by atoms with van der Waals surface area (Å²) in [6.07, 6.45) is 0.408. The van der Waals surface area contributed by atoms with Crippen LogP contribution in [0.3, 0.4) is 0 Å². The summed E-state index contributed by atoms with van der Waals surface area (Å²) in [6.45, 7) is 10.0. The summed E-state index contributed by atoms with van der Waals surface area (Å²) in [5.41, 5.74) is 5.27. The highest BCUT2D eigenvalue weighted by Gasteiger charge is 2.12. The van der Waals surface area contributed by atoms with Crippen LogP contribution in [-0.2, 0) is 24.4 Å². The lowest BCUT2D eigenvalue weighted by Gasteiger charge is -2.07. The fourth-order valence-corrected chi connectivity index (χ4v) is 3.24. The normalized spacial score (nSPS) is 11.2. The van der Waals surface area contributed by atoms with Gasteiger partial charge < -0.3 is 5.32 Å². The van der Waals surface area contributed by atoms with Gasteiger partial charge in [-0.25, -0.2) is 0 Å². The fourth-order valence-electron chi connectivity index (χ4n) is 3.24. The molecule has 0 bridgehead atoms. The van der Waals surface area contributed by atoms with Gasteiger partial charge in [0, 0.05) is 36.2 Å². The second-order valence-electron chi connectivity index (χ2n) is 6.32. The summed E-state index contributed by atoms with van der Waals surface area (Å²) in [5, 5.41) is 13.2. The smallest absolute Gasteiger partial charge is 0.222 e. The van der Waals surface area contributed by atoms with E-state index in [-0.39, 0.29) is 5.91 Å². The van der Waals surface area contributed by atoms with E-state index in [1.807, 2.05) is 48.3 Å². The first-order chi connectivity index (χ1) is 12.0. The minimum Gasteiger partial charge on any atom is -0.352 e. The zero-order valence-electron chi connectivity index (χ0n) is 15.3. The molecule has 25 heavy (non-hydrogen) atoms. The molecule has 0 saturated heterocycles. The Hall–Kier alpha value is -2.63. The van der Waals surface area contributed by atoms with Gasteiger partial charge in [-0.05, 0) is 33.8 Å². The number of fused-ring (bicyclic) bond motifs is 1. The second kappa shape index (κ2) is 7.09. The number of carbonyl (C=O) groups excluding carboxylic acids is 1. The van der Waals surface area contributed by atoms with Gasteiger partial charge in [-0.15, -0.1) is 0 Å². The van der Waals surface area contributed by atoms with Crippen LogP contribution in [0.5, 0.6) is 0 Å². The van der Waals surface area contributed by atoms with Crippen LogP contribution < -0.4 is 5.32 Å². The highest BCUT2D eigenvalue weighted by Crippen LogP contribution is 2.17. The average Bonchev–Trinajstić information content (AvgIpc) is 3.08. The van der Waals surface area contributed by atoms with Crippen LogP contribution in [-0.4, -0.2) is 25.5 Å². The first kappa shape index (κ1) is 17.2. The molecule has 2 aromatic heterocycles. The van der Waals surface area contributed by atoms with Gasteiger partial charge in [0.15, 0.2) is 0 Å². The number of aromatic nitrogens is 4. The molecule has 0 atom stereocenters. The Kier molecular flexibility index (Phi) is 4.88. The summed E-state index contributed by atoms with van der Waals surface area (Å²) >= 11 is 0. The van der Waals surface area contributed by atoms with Crippen LogP contribution in [0.25, 0.3) is 10.9 Å². The van der Waals surface area contributed by atoms with Gasteiger partial charge in [0.2, 0.25) is 5.91 Å². The van der Waals surface area contributed by atoms with E-state index in [1.54, 1.807) is 0 Å². The Morgan fingerprint density at radius 1 is 1.08 bits per heavy atom. The minimum absolute atomic E-state index is 0.0280. The van der Waals surface area contributed by atoms with Gasteiger partial charge in [-0.1, -0.05) is 18.2 Å². The van der Waals surface area contributed by atoms with Crippen LogP contribution in [0.15, 0.2) is 24.3 Å². The molecule has 6 nitrogen and oxygen atoms in total. The number of carbonyl (C=O) groups is 1. The Bertz CT molecular complexity index is 906. The summed E-state index contributed by atoms with van der Waals surface area (Å²) < 4.78 is 3.88. The quantitative estimate of drug-likeness (QED) is 0.751. The van der Waals surface area contributed by atoms with Crippen molar-refractivity contribution in [2.45, 2.75) is 53.8 Å². The molecule has 0 aliphatic rings. The van der Waals surface area contributed by atoms with E-state index >= 15 is 0 Å². The lowest BCUT2D eigenvalue weighted by atomic mass is 10.2. The number of rotatable bonds is 6. The molecule has 0 saturated carbocycles. The molecule has 132 valence electrons. The zero-order valence-corrected chi connectivity index (χ0v) is 15.3. The number of benzene rings is 1. The molecule has 0 unspecified atom stereocenters. The Labute approximate surface area is 147 Å². The van der Waals surface area contributed by atoms with Gasteiger partial charge in [0.25, 0.3) is 0 Å². The number of nitrogens with zero attached hydrogens (tertiary/aromatic N) is 4. The number of aryl methyl sites for hydroxylation is 4. The number of amides is 1. The first-order valence-electron chi connectivity index (χ1n) is 8.73. The van der Waals surface area contributed by atoms with Crippen molar-refractivity contribution < 1.29 is 4.79 Å². The van der Waals surface area contributed by atoms with Crippen molar-refractivity contribution in [2.24, 2.45) is 0 Å². The molecule has 6 heteroatoms. The van der Waals surface area contributed by atoms with E-state index in [0.29, 0.717) is 19.5 Å². The van der Waals surface area contributed by atoms with Crippen molar-refractivity contribution in [1.82, 2.24) is 24.9 Å². The molecule has 0 radical (unpaired) electrons. The van der Waals surface area contributed by atoms with E-state index in [9.17, 15) is 4.79 Å². The molecule has 0 aliphatic carbocycles. The number of para-hydroxylation sites is 1. The third kappa shape index (κ3) is 3.43. The van der Waals surface area contributed by atoms with Gasteiger partial charge in [-0.3, -0.25) is 14.2 Å². The first-order valence-corrected chi connectivity index (χ1v) is 8.73. The summed E-state index contributed by atoms with van der Waals surface area (Å²) in [6, 6.07) is 8.11. The highest BCUT2D eigenvalue weighted by atomic mass is 16.1. The van der Waals surface area contributed by atoms with E-state index < -0.39 is 0 Å². The number of hydrogen-bond donors (Lipinski definition) is 1. The fraction of sp³-hybridized carbons (Fsp3) is 0.421. The Morgan fingerprint density at radius 2 is 1.80 bits per heavy atom. The van der Waals surface area contributed by atoms with Crippen molar-refractivity contribution >= 4 is 16.8 Å². The van der Waals surface area contributed by atoms with Crippen molar-refractivity contribution in [3.63, 3.8) is 0 Å². The Balaban J connectivity index is 1.61. The molecule has 0 spiro atoms. The molecule has 3 rings (SSSR count). The Morgan fingerprint density at radius 3 is 2.52 bits per heavy atom. The van der Waals surface area contributed by atoms with Crippen LogP contribution in [0.1, 0.15) is 36.0 Å².